The van der Waals surface area contributed by atoms with Crippen LogP contribution in [0.4, 0.5) is 0 Å². The van der Waals surface area contributed by atoms with Gasteiger partial charge in [-0.25, -0.2) is 0 Å². The summed E-state index contributed by atoms with van der Waals surface area (Å²) in [4.78, 5) is 24.6. The van der Waals surface area contributed by atoms with Crippen molar-refractivity contribution in [3.63, 3.8) is 0 Å². The molecule has 0 spiro atoms. The Balaban J connectivity index is 1.38. The predicted molar refractivity (Wildman–Crippen MR) is 112 cm³/mol. The molecule has 1 heterocycles. The molecule has 0 aromatic carbocycles. The highest BCUT2D eigenvalue weighted by atomic mass is 16.6. The Morgan fingerprint density at radius 3 is 2.73 bits per heavy atom. The molecule has 4 fully saturated rings. The van der Waals surface area contributed by atoms with Crippen LogP contribution in [0.2, 0.25) is 0 Å². The van der Waals surface area contributed by atoms with E-state index >= 15 is 0 Å². The summed E-state index contributed by atoms with van der Waals surface area (Å²) in [5.41, 5.74) is 1.14. The molecule has 1 aliphatic heterocycles. The van der Waals surface area contributed by atoms with E-state index in [4.69, 9.17) is 14.2 Å². The molecule has 0 aromatic heterocycles. The second-order valence-electron chi connectivity index (χ2n) is 10.9. The number of fused-ring (bicyclic) bond motifs is 7. The number of carbonyl (C=O) groups is 2. The number of methoxy groups -OCH3 is 1. The van der Waals surface area contributed by atoms with Crippen LogP contribution >= 0.6 is 0 Å². The molecule has 0 bridgehead atoms. The molecule has 0 N–H and O–H groups in total. The van der Waals surface area contributed by atoms with Gasteiger partial charge in [-0.2, -0.15) is 0 Å². The zero-order valence-electron chi connectivity index (χ0n) is 18.9. The summed E-state index contributed by atoms with van der Waals surface area (Å²) >= 11 is 0. The Hall–Kier alpha value is -1.20. The van der Waals surface area contributed by atoms with Crippen molar-refractivity contribution >= 4 is 11.8 Å². The molecule has 5 rings (SSSR count). The van der Waals surface area contributed by atoms with E-state index in [0.717, 1.165) is 38.5 Å². The highest BCUT2D eigenvalue weighted by Crippen LogP contribution is 2.73. The molecule has 5 heteroatoms. The average Bonchev–Trinajstić information content (AvgIpc) is 3.38. The highest BCUT2D eigenvalue weighted by Gasteiger charge is 2.79. The molecule has 5 aliphatic rings. The minimum Gasteiger partial charge on any atom is -0.462 e. The molecular weight excluding hydrogens is 380 g/mol. The first-order chi connectivity index (χ1) is 14.3. The predicted octanol–water partition coefficient (Wildman–Crippen LogP) is 4.23. The Morgan fingerprint density at radius 2 is 2.00 bits per heavy atom. The number of hydrogen-bond acceptors (Lipinski definition) is 5. The minimum atomic E-state index is -0.543. The number of carbonyl (C=O) groups excluding carboxylic acids is 2. The Bertz CT molecular complexity index is 788. The number of Topliss-reactive ketones (excluding diaryl/α,β-unsaturated/α-hetero) is 1. The number of allylic oxidation sites excluding steroid dienone is 1. The lowest BCUT2D eigenvalue weighted by molar-refractivity contribution is -0.149. The van der Waals surface area contributed by atoms with E-state index in [1.807, 2.05) is 0 Å². The van der Waals surface area contributed by atoms with E-state index in [-0.39, 0.29) is 34.8 Å². The summed E-state index contributed by atoms with van der Waals surface area (Å²) in [6.07, 6.45) is 10.4. The molecule has 0 unspecified atom stereocenters. The van der Waals surface area contributed by atoms with Crippen LogP contribution in [0.5, 0.6) is 0 Å². The molecule has 8 atom stereocenters. The second-order valence-corrected chi connectivity index (χ2v) is 10.9. The van der Waals surface area contributed by atoms with Gasteiger partial charge in [-0.05, 0) is 61.7 Å². The van der Waals surface area contributed by atoms with Crippen LogP contribution in [-0.4, -0.2) is 43.3 Å². The van der Waals surface area contributed by atoms with Gasteiger partial charge < -0.3 is 14.2 Å². The van der Waals surface area contributed by atoms with Crippen LogP contribution in [0.25, 0.3) is 0 Å². The van der Waals surface area contributed by atoms with Crippen molar-refractivity contribution in [2.75, 3.05) is 13.7 Å². The lowest BCUT2D eigenvalue weighted by Gasteiger charge is -2.58. The fourth-order valence-electron chi connectivity index (χ4n) is 8.26. The highest BCUT2D eigenvalue weighted by molar-refractivity contribution is 5.92. The van der Waals surface area contributed by atoms with E-state index in [2.05, 4.69) is 19.9 Å². The van der Waals surface area contributed by atoms with Crippen molar-refractivity contribution in [2.45, 2.75) is 89.9 Å². The van der Waals surface area contributed by atoms with Gasteiger partial charge in [0.2, 0.25) is 0 Å². The first kappa shape index (κ1) is 20.7. The lowest BCUT2D eigenvalue weighted by Crippen LogP contribution is -2.54. The summed E-state index contributed by atoms with van der Waals surface area (Å²) in [5, 5.41) is 0. The van der Waals surface area contributed by atoms with Gasteiger partial charge in [0, 0.05) is 32.3 Å². The SMILES string of the molecule is COCCC(=O)[C@]12O[C@H]1C[C@H]1[C@@H]3CC=C4C[C@@H](OC(C)=O)CC[C@]4(C)[C@H]3CC[C@@]12C. The van der Waals surface area contributed by atoms with E-state index in [1.165, 1.54) is 18.9 Å². The van der Waals surface area contributed by atoms with E-state index < -0.39 is 5.60 Å². The van der Waals surface area contributed by atoms with Gasteiger partial charge in [0.15, 0.2) is 11.4 Å². The molecule has 30 heavy (non-hydrogen) atoms. The molecule has 0 aromatic rings. The third-order valence-electron chi connectivity index (χ3n) is 9.77. The third kappa shape index (κ3) is 2.67. The van der Waals surface area contributed by atoms with E-state index in [1.54, 1.807) is 7.11 Å². The molecule has 166 valence electrons. The Morgan fingerprint density at radius 1 is 1.20 bits per heavy atom. The normalized spacial score (nSPS) is 48.5. The van der Waals surface area contributed by atoms with Crippen molar-refractivity contribution in [1.82, 2.24) is 0 Å². The maximum atomic E-state index is 13.1. The summed E-state index contributed by atoms with van der Waals surface area (Å²) in [6.45, 7) is 6.79. The number of hydrogen-bond donors (Lipinski definition) is 0. The maximum Gasteiger partial charge on any atom is 0.302 e. The average molecular weight is 417 g/mol. The fraction of sp³-hybridized carbons (Fsp3) is 0.840. The largest absolute Gasteiger partial charge is 0.462 e. The third-order valence-corrected chi connectivity index (χ3v) is 9.77. The zero-order chi connectivity index (χ0) is 21.3. The first-order valence-electron chi connectivity index (χ1n) is 11.8. The van der Waals surface area contributed by atoms with Gasteiger partial charge in [0.05, 0.1) is 12.7 Å². The maximum absolute atomic E-state index is 13.1. The first-order valence-corrected chi connectivity index (χ1v) is 11.8. The Labute approximate surface area is 179 Å². The number of esters is 1. The minimum absolute atomic E-state index is 0.0414. The quantitative estimate of drug-likeness (QED) is 0.381. The molecule has 0 radical (unpaired) electrons. The van der Waals surface area contributed by atoms with Gasteiger partial charge in [0.25, 0.3) is 0 Å². The van der Waals surface area contributed by atoms with Crippen molar-refractivity contribution in [3.05, 3.63) is 11.6 Å². The smallest absolute Gasteiger partial charge is 0.302 e. The van der Waals surface area contributed by atoms with Crippen LogP contribution in [0, 0.1) is 28.6 Å². The van der Waals surface area contributed by atoms with Crippen molar-refractivity contribution in [3.8, 4) is 0 Å². The van der Waals surface area contributed by atoms with Crippen LogP contribution < -0.4 is 0 Å². The van der Waals surface area contributed by atoms with Crippen molar-refractivity contribution in [1.29, 1.82) is 0 Å². The second kappa shape index (κ2) is 6.90. The van der Waals surface area contributed by atoms with Crippen molar-refractivity contribution in [2.24, 2.45) is 28.6 Å². The summed E-state index contributed by atoms with van der Waals surface area (Å²) in [7, 11) is 1.66. The number of rotatable bonds is 5. The van der Waals surface area contributed by atoms with E-state index in [9.17, 15) is 9.59 Å². The van der Waals surface area contributed by atoms with Gasteiger partial charge in [-0.15, -0.1) is 0 Å². The summed E-state index contributed by atoms with van der Waals surface area (Å²) in [5.74, 6) is 1.95. The van der Waals surface area contributed by atoms with Gasteiger partial charge in [0.1, 0.15) is 6.10 Å². The molecule has 5 nitrogen and oxygen atoms in total. The standard InChI is InChI=1S/C25H36O5/c1-15(26)29-17-7-10-23(2)16(13-17)5-6-18-19(23)8-11-24(3)20(18)14-22-25(24,30-22)21(27)9-12-28-4/h5,17-20,22H,6-14H2,1-4H3/t17-,18+,19-,20-,22-,23-,24-,25-/m0/s1. The fourth-order valence-corrected chi connectivity index (χ4v) is 8.26. The van der Waals surface area contributed by atoms with Crippen LogP contribution in [0.3, 0.4) is 0 Å². The van der Waals surface area contributed by atoms with Crippen LogP contribution in [0.15, 0.2) is 11.6 Å². The summed E-state index contributed by atoms with van der Waals surface area (Å²) in [6, 6.07) is 0. The number of epoxide rings is 1. The zero-order valence-corrected chi connectivity index (χ0v) is 18.9. The molecule has 3 saturated carbocycles. The molecule has 1 saturated heterocycles. The van der Waals surface area contributed by atoms with Gasteiger partial charge in [-0.1, -0.05) is 25.5 Å². The van der Waals surface area contributed by atoms with E-state index in [0.29, 0.717) is 30.8 Å². The van der Waals surface area contributed by atoms with Crippen molar-refractivity contribution < 1.29 is 23.8 Å². The lowest BCUT2D eigenvalue weighted by atomic mass is 9.47. The molecule has 0 amide bonds. The number of ketones is 1. The Kier molecular flexibility index (Phi) is 4.76. The summed E-state index contributed by atoms with van der Waals surface area (Å²) < 4.78 is 16.9. The van der Waals surface area contributed by atoms with Crippen LogP contribution in [-0.2, 0) is 23.8 Å². The molecular formula is C25H36O5. The molecule has 4 aliphatic carbocycles. The van der Waals surface area contributed by atoms with Gasteiger partial charge in [-0.3, -0.25) is 9.59 Å². The topological polar surface area (TPSA) is 65.1 Å². The number of ether oxygens (including phenoxy) is 3. The van der Waals surface area contributed by atoms with Crippen LogP contribution in [0.1, 0.15) is 72.1 Å². The van der Waals surface area contributed by atoms with Gasteiger partial charge >= 0.3 is 5.97 Å². The monoisotopic (exact) mass is 416 g/mol.